The molecule has 0 aromatic carbocycles. The highest BCUT2D eigenvalue weighted by Gasteiger charge is 2.33. The van der Waals surface area contributed by atoms with Gasteiger partial charge < -0.3 is 19.1 Å². The summed E-state index contributed by atoms with van der Waals surface area (Å²) in [5.74, 6) is 0.400. The smallest absolute Gasteiger partial charge is 0.294 e. The van der Waals surface area contributed by atoms with Crippen molar-refractivity contribution in [1.82, 2.24) is 24.3 Å². The third-order valence-corrected chi connectivity index (χ3v) is 6.49. The first-order valence-corrected chi connectivity index (χ1v) is 11.2. The van der Waals surface area contributed by atoms with Gasteiger partial charge in [-0.05, 0) is 37.1 Å². The molecule has 2 amide bonds. The molecule has 2 aliphatic rings. The minimum atomic E-state index is -0.209. The molecule has 0 spiro atoms. The van der Waals surface area contributed by atoms with Gasteiger partial charge in [-0.25, -0.2) is 9.97 Å². The van der Waals surface area contributed by atoms with Crippen molar-refractivity contribution in [2.24, 2.45) is 13.0 Å². The summed E-state index contributed by atoms with van der Waals surface area (Å²) in [6.45, 7) is 3.07. The first kappa shape index (κ1) is 21.2. The number of hydrogen-bond acceptors (Lipinski definition) is 7. The van der Waals surface area contributed by atoms with Gasteiger partial charge in [-0.1, -0.05) is 0 Å². The summed E-state index contributed by atoms with van der Waals surface area (Å²) in [6.07, 6.45) is 4.70. The number of amides is 2. The molecular weight excluding hydrogens is 424 g/mol. The summed E-state index contributed by atoms with van der Waals surface area (Å²) in [7, 11) is 1.69. The van der Waals surface area contributed by atoms with Gasteiger partial charge in [-0.15, -0.1) is 0 Å². The fraction of sp³-hybridized carbons (Fsp3) is 0.435. The Morgan fingerprint density at radius 3 is 2.61 bits per heavy atom. The van der Waals surface area contributed by atoms with Gasteiger partial charge in [0.25, 0.3) is 11.5 Å². The van der Waals surface area contributed by atoms with Crippen molar-refractivity contribution >= 4 is 28.8 Å². The number of hydrogen-bond donors (Lipinski definition) is 0. The van der Waals surface area contributed by atoms with E-state index in [-0.39, 0.29) is 23.3 Å². The van der Waals surface area contributed by atoms with Crippen molar-refractivity contribution in [2.75, 3.05) is 44.2 Å². The Bertz CT molecular complexity index is 1230. The normalized spacial score (nSPS) is 19.2. The van der Waals surface area contributed by atoms with E-state index in [2.05, 4.69) is 9.97 Å². The van der Waals surface area contributed by atoms with E-state index in [1.165, 1.54) is 10.8 Å². The molecule has 10 heteroatoms. The van der Waals surface area contributed by atoms with Crippen LogP contribution in [-0.4, -0.2) is 75.4 Å². The largest absolute Gasteiger partial charge is 0.459 e. The molecule has 2 fully saturated rings. The molecule has 2 saturated heterocycles. The van der Waals surface area contributed by atoms with Crippen LogP contribution in [-0.2, 0) is 11.8 Å². The highest BCUT2D eigenvalue weighted by atomic mass is 16.3. The number of carbonyl (C=O) groups excluding carboxylic acids is 2. The van der Waals surface area contributed by atoms with Gasteiger partial charge in [0.15, 0.2) is 17.2 Å². The molecule has 5 rings (SSSR count). The molecule has 3 aromatic rings. The zero-order valence-corrected chi connectivity index (χ0v) is 18.5. The number of piperazine rings is 1. The summed E-state index contributed by atoms with van der Waals surface area (Å²) >= 11 is 0. The first-order chi connectivity index (χ1) is 16.0. The van der Waals surface area contributed by atoms with Gasteiger partial charge in [0.1, 0.15) is 5.52 Å². The number of furan rings is 1. The van der Waals surface area contributed by atoms with E-state index in [4.69, 9.17) is 4.42 Å². The standard InChI is InChI=1S/C23H26N6O4/c1-26-19-17(6-2-8-24-19)25-20(23(26)32)29-9-3-5-16(15-29)21(30)27-10-12-28(13-11-27)22(31)18-7-4-14-33-18/h2,4,6-8,14,16H,3,5,9-13,15H2,1H3. The van der Waals surface area contributed by atoms with Gasteiger partial charge in [0.05, 0.1) is 12.2 Å². The highest BCUT2D eigenvalue weighted by molar-refractivity contribution is 5.91. The second-order valence-electron chi connectivity index (χ2n) is 8.53. The maximum absolute atomic E-state index is 13.3. The molecule has 0 saturated carbocycles. The van der Waals surface area contributed by atoms with E-state index in [1.807, 2.05) is 15.9 Å². The van der Waals surface area contributed by atoms with E-state index in [0.29, 0.717) is 62.0 Å². The average molecular weight is 450 g/mol. The van der Waals surface area contributed by atoms with E-state index < -0.39 is 0 Å². The zero-order chi connectivity index (χ0) is 22.9. The topological polar surface area (TPSA) is 105 Å². The number of piperidine rings is 1. The van der Waals surface area contributed by atoms with Crippen LogP contribution in [0.3, 0.4) is 0 Å². The Kier molecular flexibility index (Phi) is 5.57. The van der Waals surface area contributed by atoms with Crippen LogP contribution >= 0.6 is 0 Å². The van der Waals surface area contributed by atoms with E-state index in [9.17, 15) is 14.4 Å². The van der Waals surface area contributed by atoms with E-state index >= 15 is 0 Å². The summed E-state index contributed by atoms with van der Waals surface area (Å²) in [4.78, 5) is 53.0. The second kappa shape index (κ2) is 8.68. The van der Waals surface area contributed by atoms with Crippen LogP contribution in [0.15, 0.2) is 45.9 Å². The molecule has 33 heavy (non-hydrogen) atoms. The molecule has 0 aliphatic carbocycles. The minimum Gasteiger partial charge on any atom is -0.459 e. The molecular formula is C23H26N6O4. The fourth-order valence-electron chi connectivity index (χ4n) is 4.66. The van der Waals surface area contributed by atoms with Crippen LogP contribution in [0, 0.1) is 5.92 Å². The van der Waals surface area contributed by atoms with Gasteiger partial charge in [-0.3, -0.25) is 19.0 Å². The molecule has 0 radical (unpaired) electrons. The van der Waals surface area contributed by atoms with Crippen LogP contribution in [0.25, 0.3) is 11.2 Å². The fourth-order valence-corrected chi connectivity index (χ4v) is 4.66. The Morgan fingerprint density at radius 2 is 1.85 bits per heavy atom. The average Bonchev–Trinajstić information content (AvgIpc) is 3.41. The number of nitrogens with zero attached hydrogens (tertiary/aromatic N) is 6. The van der Waals surface area contributed by atoms with Crippen LogP contribution in [0.4, 0.5) is 5.82 Å². The monoisotopic (exact) mass is 450 g/mol. The lowest BCUT2D eigenvalue weighted by Crippen LogP contribution is -2.54. The molecule has 1 atom stereocenters. The van der Waals surface area contributed by atoms with Gasteiger partial charge >= 0.3 is 0 Å². The lowest BCUT2D eigenvalue weighted by molar-refractivity contribution is -0.137. The summed E-state index contributed by atoms with van der Waals surface area (Å²) in [6, 6.07) is 6.97. The lowest BCUT2D eigenvalue weighted by atomic mass is 9.96. The maximum atomic E-state index is 13.3. The van der Waals surface area contributed by atoms with Gasteiger partial charge in [-0.2, -0.15) is 0 Å². The van der Waals surface area contributed by atoms with E-state index in [0.717, 1.165) is 12.8 Å². The molecule has 0 N–H and O–H groups in total. The van der Waals surface area contributed by atoms with Crippen molar-refractivity contribution in [3.8, 4) is 0 Å². The second-order valence-corrected chi connectivity index (χ2v) is 8.53. The zero-order valence-electron chi connectivity index (χ0n) is 18.5. The number of carbonyl (C=O) groups is 2. The molecule has 10 nitrogen and oxygen atoms in total. The number of aryl methyl sites for hydroxylation is 1. The molecule has 3 aromatic heterocycles. The van der Waals surface area contributed by atoms with Crippen LogP contribution in [0.5, 0.6) is 0 Å². The van der Waals surface area contributed by atoms with Crippen molar-refractivity contribution in [3.05, 3.63) is 52.8 Å². The van der Waals surface area contributed by atoms with E-state index in [1.54, 1.807) is 36.3 Å². The first-order valence-electron chi connectivity index (χ1n) is 11.2. The maximum Gasteiger partial charge on any atom is 0.294 e. The number of rotatable bonds is 3. The minimum absolute atomic E-state index is 0.0732. The Labute approximate surface area is 190 Å². The SMILES string of the molecule is Cn1c(=O)c(N2CCCC(C(=O)N3CCN(C(=O)c4ccco4)CC3)C2)nc2cccnc21. The van der Waals surface area contributed by atoms with Gasteiger partial charge in [0.2, 0.25) is 5.91 Å². The third-order valence-electron chi connectivity index (χ3n) is 6.49. The molecule has 0 bridgehead atoms. The molecule has 5 heterocycles. The third kappa shape index (κ3) is 3.96. The number of anilines is 1. The lowest BCUT2D eigenvalue weighted by Gasteiger charge is -2.39. The Balaban J connectivity index is 1.26. The van der Waals surface area contributed by atoms with Crippen molar-refractivity contribution in [3.63, 3.8) is 0 Å². The quantitative estimate of drug-likeness (QED) is 0.589. The number of fused-ring (bicyclic) bond motifs is 1. The molecule has 172 valence electrons. The van der Waals surface area contributed by atoms with Crippen LogP contribution in [0.1, 0.15) is 23.4 Å². The highest BCUT2D eigenvalue weighted by Crippen LogP contribution is 2.23. The van der Waals surface area contributed by atoms with Crippen molar-refractivity contribution in [2.45, 2.75) is 12.8 Å². The van der Waals surface area contributed by atoms with Crippen LogP contribution < -0.4 is 10.5 Å². The Morgan fingerprint density at radius 1 is 1.06 bits per heavy atom. The molecule has 1 unspecified atom stereocenters. The van der Waals surface area contributed by atoms with Crippen LogP contribution in [0.2, 0.25) is 0 Å². The van der Waals surface area contributed by atoms with Crippen molar-refractivity contribution in [1.29, 1.82) is 0 Å². The predicted octanol–water partition coefficient (Wildman–Crippen LogP) is 1.12. The van der Waals surface area contributed by atoms with Crippen molar-refractivity contribution < 1.29 is 14.0 Å². The van der Waals surface area contributed by atoms with Gasteiger partial charge in [0, 0.05) is 52.5 Å². The number of aromatic nitrogens is 3. The summed E-state index contributed by atoms with van der Waals surface area (Å²) in [5, 5.41) is 0. The number of pyridine rings is 1. The molecule has 2 aliphatic heterocycles. The summed E-state index contributed by atoms with van der Waals surface area (Å²) in [5.41, 5.74) is 0.984. The summed E-state index contributed by atoms with van der Waals surface area (Å²) < 4.78 is 6.71. The predicted molar refractivity (Wildman–Crippen MR) is 121 cm³/mol. The Hall–Kier alpha value is -3.69.